The zero-order valence-electron chi connectivity index (χ0n) is 23.5. The summed E-state index contributed by atoms with van der Waals surface area (Å²) in [4.78, 5) is 0. The summed E-state index contributed by atoms with van der Waals surface area (Å²) < 4.78 is 107. The van der Waals surface area contributed by atoms with Crippen molar-refractivity contribution >= 4 is 0 Å². The van der Waals surface area contributed by atoms with Crippen LogP contribution in [0.1, 0.15) is 82.3 Å². The van der Waals surface area contributed by atoms with E-state index in [0.717, 1.165) is 37.5 Å². The van der Waals surface area contributed by atoms with E-state index in [-0.39, 0.29) is 31.7 Å². The molecule has 2 atom stereocenters. The first kappa shape index (κ1) is 31.3. The van der Waals surface area contributed by atoms with Gasteiger partial charge in [0, 0.05) is 0 Å². The number of halogens is 6. The summed E-state index contributed by atoms with van der Waals surface area (Å²) in [6.07, 6.45) is -4.11. The molecule has 10 heteroatoms. The van der Waals surface area contributed by atoms with Crippen molar-refractivity contribution in [2.75, 3.05) is 19.8 Å². The Bertz CT molecular complexity index is 1100. The Hall–Kier alpha value is -2.62. The molecule has 0 N–H and O–H groups in total. The Labute approximate surface area is 237 Å². The average Bonchev–Trinajstić information content (AvgIpc) is 2.94. The van der Waals surface area contributed by atoms with Crippen molar-refractivity contribution in [2.24, 2.45) is 11.8 Å². The minimum Gasteiger partial charge on any atom is -0.494 e. The van der Waals surface area contributed by atoms with E-state index in [4.69, 9.17) is 14.2 Å². The Morgan fingerprint density at radius 2 is 1.51 bits per heavy atom. The monoisotopic (exact) mass is 588 g/mol. The Morgan fingerprint density at radius 3 is 2.10 bits per heavy atom. The summed E-state index contributed by atoms with van der Waals surface area (Å²) in [5.74, 6) is -3.64. The van der Waals surface area contributed by atoms with Crippen LogP contribution in [0.5, 0.6) is 17.2 Å². The zero-order valence-corrected chi connectivity index (χ0v) is 23.5. The van der Waals surface area contributed by atoms with E-state index in [1.54, 1.807) is 0 Å². The largest absolute Gasteiger partial charge is 0.494 e. The van der Waals surface area contributed by atoms with Crippen LogP contribution in [0.2, 0.25) is 0 Å². The smallest absolute Gasteiger partial charge is 0.422 e. The summed E-state index contributed by atoms with van der Waals surface area (Å²) in [5, 5.41) is 0. The molecule has 0 aromatic heterocycles. The fraction of sp³-hybridized carbons (Fsp3) is 0.613. The second kappa shape index (κ2) is 13.6. The minimum atomic E-state index is -5.25. The molecule has 1 heterocycles. The minimum absolute atomic E-state index is 0.00484. The van der Waals surface area contributed by atoms with Gasteiger partial charge in [0.1, 0.15) is 17.1 Å². The topological polar surface area (TPSA) is 36.9 Å². The number of alkyl halides is 5. The number of rotatable bonds is 11. The van der Waals surface area contributed by atoms with Gasteiger partial charge in [0.15, 0.2) is 11.6 Å². The number of benzene rings is 2. The lowest BCUT2D eigenvalue weighted by Crippen LogP contribution is -2.44. The van der Waals surface area contributed by atoms with Crippen molar-refractivity contribution in [3.05, 3.63) is 53.3 Å². The molecule has 1 saturated heterocycles. The molecule has 1 saturated carbocycles. The SMILES string of the molecule is CCCCOc1ccc(OC(F)(F)C2CCC(C3CCC(c4ccc(OCC)cc4)CC3)OC2)c(C(F)(F)F)c1F. The van der Waals surface area contributed by atoms with E-state index >= 15 is 8.78 Å². The predicted molar refractivity (Wildman–Crippen MR) is 142 cm³/mol. The number of unbranched alkanes of at least 4 members (excludes halogenated alkanes) is 1. The van der Waals surface area contributed by atoms with Crippen LogP contribution >= 0.6 is 0 Å². The van der Waals surface area contributed by atoms with Crippen molar-refractivity contribution < 1.29 is 45.3 Å². The van der Waals surface area contributed by atoms with E-state index in [0.29, 0.717) is 37.9 Å². The van der Waals surface area contributed by atoms with Crippen LogP contribution in [-0.2, 0) is 10.9 Å². The number of hydrogen-bond donors (Lipinski definition) is 0. The first-order valence-electron chi connectivity index (χ1n) is 14.5. The summed E-state index contributed by atoms with van der Waals surface area (Å²) in [7, 11) is 0. The van der Waals surface area contributed by atoms with Crippen LogP contribution in [0.3, 0.4) is 0 Å². The van der Waals surface area contributed by atoms with Gasteiger partial charge in [-0.3, -0.25) is 0 Å². The summed E-state index contributed by atoms with van der Waals surface area (Å²) in [6, 6.07) is 9.70. The van der Waals surface area contributed by atoms with Crippen molar-refractivity contribution in [3.63, 3.8) is 0 Å². The molecule has 4 rings (SSSR count). The van der Waals surface area contributed by atoms with E-state index in [1.165, 1.54) is 5.56 Å². The molecule has 2 aromatic carbocycles. The second-order valence-electron chi connectivity index (χ2n) is 10.9. The summed E-state index contributed by atoms with van der Waals surface area (Å²) in [6.45, 7) is 4.04. The normalized spacial score (nSPS) is 23.7. The van der Waals surface area contributed by atoms with E-state index in [9.17, 15) is 17.6 Å². The molecule has 0 radical (unpaired) electrons. The fourth-order valence-corrected chi connectivity index (χ4v) is 5.79. The third-order valence-corrected chi connectivity index (χ3v) is 8.10. The molecular weight excluding hydrogens is 550 g/mol. The maximum absolute atomic E-state index is 15.1. The third-order valence-electron chi connectivity index (χ3n) is 8.10. The standard InChI is InChI=1S/C31H38F6O4/c1-3-5-18-39-27-17-16-26(28(29(27)32)30(33,34)35)41-31(36,37)23-12-15-25(40-19-23)22-8-6-20(7-9-22)21-10-13-24(14-11-21)38-4-2/h10-11,13-14,16-17,20,22-23,25H,3-9,12,15,18-19H2,1-2H3. The van der Waals surface area contributed by atoms with Gasteiger partial charge in [-0.2, -0.15) is 22.0 Å². The predicted octanol–water partition coefficient (Wildman–Crippen LogP) is 9.16. The van der Waals surface area contributed by atoms with E-state index in [2.05, 4.69) is 16.9 Å². The van der Waals surface area contributed by atoms with Crippen LogP contribution in [0.25, 0.3) is 0 Å². The van der Waals surface area contributed by atoms with Gasteiger partial charge in [-0.1, -0.05) is 25.5 Å². The fourth-order valence-electron chi connectivity index (χ4n) is 5.79. The lowest BCUT2D eigenvalue weighted by atomic mass is 9.75. The molecule has 1 aliphatic heterocycles. The lowest BCUT2D eigenvalue weighted by molar-refractivity contribution is -0.246. The van der Waals surface area contributed by atoms with Crippen LogP contribution < -0.4 is 14.2 Å². The molecule has 0 amide bonds. The summed E-state index contributed by atoms with van der Waals surface area (Å²) in [5.41, 5.74) is -0.645. The Kier molecular flexibility index (Phi) is 10.4. The quantitative estimate of drug-likeness (QED) is 0.194. The molecule has 228 valence electrons. The molecule has 2 unspecified atom stereocenters. The van der Waals surface area contributed by atoms with Crippen LogP contribution in [0.4, 0.5) is 26.3 Å². The molecule has 0 spiro atoms. The maximum atomic E-state index is 15.1. The maximum Gasteiger partial charge on any atom is 0.422 e. The summed E-state index contributed by atoms with van der Waals surface area (Å²) >= 11 is 0. The Morgan fingerprint density at radius 1 is 0.829 bits per heavy atom. The van der Waals surface area contributed by atoms with Gasteiger partial charge in [-0.15, -0.1) is 0 Å². The number of ether oxygens (including phenoxy) is 4. The molecule has 2 aromatic rings. The van der Waals surface area contributed by atoms with Crippen molar-refractivity contribution in [1.82, 2.24) is 0 Å². The van der Waals surface area contributed by atoms with Crippen LogP contribution in [0.15, 0.2) is 36.4 Å². The van der Waals surface area contributed by atoms with Gasteiger partial charge in [0.25, 0.3) is 0 Å². The molecule has 4 nitrogen and oxygen atoms in total. The lowest BCUT2D eigenvalue weighted by Gasteiger charge is -2.39. The van der Waals surface area contributed by atoms with Crippen molar-refractivity contribution in [1.29, 1.82) is 0 Å². The molecule has 1 aliphatic carbocycles. The highest BCUT2D eigenvalue weighted by atomic mass is 19.4. The van der Waals surface area contributed by atoms with Crippen LogP contribution in [0, 0.1) is 17.7 Å². The van der Waals surface area contributed by atoms with Gasteiger partial charge in [0.05, 0.1) is 31.8 Å². The molecular formula is C31H38F6O4. The zero-order chi connectivity index (χ0) is 29.6. The van der Waals surface area contributed by atoms with Crippen molar-refractivity contribution in [2.45, 2.75) is 89.5 Å². The molecule has 2 aliphatic rings. The van der Waals surface area contributed by atoms with E-state index < -0.39 is 41.1 Å². The third kappa shape index (κ3) is 7.81. The van der Waals surface area contributed by atoms with Crippen LogP contribution in [-0.4, -0.2) is 32.0 Å². The van der Waals surface area contributed by atoms with Gasteiger partial charge in [0.2, 0.25) is 0 Å². The molecule has 41 heavy (non-hydrogen) atoms. The number of hydrogen-bond acceptors (Lipinski definition) is 4. The first-order chi connectivity index (χ1) is 19.5. The van der Waals surface area contributed by atoms with Crippen molar-refractivity contribution in [3.8, 4) is 17.2 Å². The highest BCUT2D eigenvalue weighted by Gasteiger charge is 2.48. The van der Waals surface area contributed by atoms with Gasteiger partial charge in [-0.05, 0) is 93.5 Å². The second-order valence-corrected chi connectivity index (χ2v) is 10.9. The Balaban J connectivity index is 1.33. The molecule has 0 bridgehead atoms. The highest BCUT2D eigenvalue weighted by molar-refractivity contribution is 5.44. The first-order valence-corrected chi connectivity index (χ1v) is 14.5. The van der Waals surface area contributed by atoms with E-state index in [1.807, 2.05) is 26.0 Å². The van der Waals surface area contributed by atoms with Gasteiger partial charge < -0.3 is 18.9 Å². The molecule has 2 fully saturated rings. The van der Waals surface area contributed by atoms with Gasteiger partial charge >= 0.3 is 12.3 Å². The average molecular weight is 589 g/mol. The van der Waals surface area contributed by atoms with Gasteiger partial charge in [-0.25, -0.2) is 4.39 Å². The highest BCUT2D eigenvalue weighted by Crippen LogP contribution is 2.46.